The maximum absolute atomic E-state index is 11.5. The van der Waals surface area contributed by atoms with Gasteiger partial charge in [0, 0.05) is 18.2 Å². The number of hydrogen-bond donors (Lipinski definition) is 2. The van der Waals surface area contributed by atoms with Crippen molar-refractivity contribution in [1.82, 2.24) is 15.3 Å². The molecule has 2 aromatic heterocycles. The maximum atomic E-state index is 11.5. The maximum Gasteiger partial charge on any atom is 0.221 e. The molecule has 2 aromatic rings. The monoisotopic (exact) mass is 294 g/mol. The predicted molar refractivity (Wildman–Crippen MR) is 78.3 cm³/mol. The molecular formula is C12H14N4OS2. The number of fused-ring (bicyclic) bond motifs is 1. The average molecular weight is 294 g/mol. The number of thiophene rings is 1. The van der Waals surface area contributed by atoms with Crippen molar-refractivity contribution in [2.45, 2.75) is 29.7 Å². The SMILES string of the molecule is Nc1nc(SC2CCCNC(=O)C2)nc2sccc12. The standard InChI is InChI=1S/C12H14N4OS2/c13-10-8-3-5-18-11(8)16-12(15-10)19-7-2-1-4-14-9(17)6-7/h3,5,7H,1-2,4,6H2,(H,14,17)(H2,13,15,16). The van der Waals surface area contributed by atoms with Crippen LogP contribution in [0.2, 0.25) is 0 Å². The number of nitrogens with two attached hydrogens (primary N) is 1. The van der Waals surface area contributed by atoms with E-state index in [1.54, 1.807) is 23.1 Å². The second-order valence-electron chi connectivity index (χ2n) is 4.47. The van der Waals surface area contributed by atoms with Crippen LogP contribution in [0.5, 0.6) is 0 Å². The molecule has 1 atom stereocenters. The highest BCUT2D eigenvalue weighted by atomic mass is 32.2. The molecule has 1 unspecified atom stereocenters. The molecule has 0 aliphatic carbocycles. The van der Waals surface area contributed by atoms with Gasteiger partial charge in [0.15, 0.2) is 5.16 Å². The molecule has 3 N–H and O–H groups in total. The predicted octanol–water partition coefficient (Wildman–Crippen LogP) is 2.03. The second-order valence-corrected chi connectivity index (χ2v) is 6.63. The van der Waals surface area contributed by atoms with Crippen LogP contribution in [-0.2, 0) is 4.79 Å². The third-order valence-electron chi connectivity index (χ3n) is 3.04. The fourth-order valence-corrected chi connectivity index (χ4v) is 4.04. The fraction of sp³-hybridized carbons (Fsp3) is 0.417. The van der Waals surface area contributed by atoms with E-state index in [9.17, 15) is 4.79 Å². The zero-order chi connectivity index (χ0) is 13.2. The van der Waals surface area contributed by atoms with Gasteiger partial charge >= 0.3 is 0 Å². The van der Waals surface area contributed by atoms with Gasteiger partial charge in [0.1, 0.15) is 10.6 Å². The van der Waals surface area contributed by atoms with E-state index in [1.165, 1.54) is 0 Å². The van der Waals surface area contributed by atoms with Gasteiger partial charge < -0.3 is 11.1 Å². The molecule has 19 heavy (non-hydrogen) atoms. The van der Waals surface area contributed by atoms with Crippen molar-refractivity contribution in [3.05, 3.63) is 11.4 Å². The molecule has 1 saturated heterocycles. The number of aromatic nitrogens is 2. The summed E-state index contributed by atoms with van der Waals surface area (Å²) in [6.07, 6.45) is 2.52. The molecule has 0 radical (unpaired) electrons. The van der Waals surface area contributed by atoms with Crippen LogP contribution in [-0.4, -0.2) is 27.7 Å². The van der Waals surface area contributed by atoms with Crippen LogP contribution in [0.1, 0.15) is 19.3 Å². The van der Waals surface area contributed by atoms with Gasteiger partial charge in [0.2, 0.25) is 5.91 Å². The van der Waals surface area contributed by atoms with Gasteiger partial charge in [-0.05, 0) is 24.3 Å². The number of nitrogens with zero attached hydrogens (tertiary/aromatic N) is 2. The van der Waals surface area contributed by atoms with Crippen molar-refractivity contribution in [3.8, 4) is 0 Å². The second kappa shape index (κ2) is 5.34. The summed E-state index contributed by atoms with van der Waals surface area (Å²) in [6.45, 7) is 0.767. The summed E-state index contributed by atoms with van der Waals surface area (Å²) < 4.78 is 0. The van der Waals surface area contributed by atoms with Gasteiger partial charge in [-0.1, -0.05) is 11.8 Å². The molecular weight excluding hydrogens is 280 g/mol. The Bertz CT molecular complexity index is 613. The first-order valence-electron chi connectivity index (χ1n) is 6.16. The first kappa shape index (κ1) is 12.7. The van der Waals surface area contributed by atoms with Gasteiger partial charge in [-0.25, -0.2) is 9.97 Å². The normalized spacial score (nSPS) is 20.2. The topological polar surface area (TPSA) is 80.9 Å². The molecule has 3 rings (SSSR count). The number of hydrogen-bond acceptors (Lipinski definition) is 6. The number of nitrogen functional groups attached to an aromatic ring is 1. The Labute approximate surface area is 119 Å². The Balaban J connectivity index is 1.82. The minimum absolute atomic E-state index is 0.111. The highest BCUT2D eigenvalue weighted by Crippen LogP contribution is 2.31. The summed E-state index contributed by atoms with van der Waals surface area (Å²) in [5, 5.41) is 6.66. The minimum Gasteiger partial charge on any atom is -0.383 e. The quantitative estimate of drug-likeness (QED) is 0.828. The Morgan fingerprint density at radius 2 is 2.37 bits per heavy atom. The summed E-state index contributed by atoms with van der Waals surface area (Å²) in [7, 11) is 0. The van der Waals surface area contributed by atoms with Crippen molar-refractivity contribution >= 4 is 45.0 Å². The van der Waals surface area contributed by atoms with Gasteiger partial charge in [-0.15, -0.1) is 11.3 Å². The van der Waals surface area contributed by atoms with E-state index >= 15 is 0 Å². The van der Waals surface area contributed by atoms with Crippen molar-refractivity contribution in [2.24, 2.45) is 0 Å². The molecule has 1 amide bonds. The molecule has 0 aromatic carbocycles. The Hall–Kier alpha value is -1.34. The number of thioether (sulfide) groups is 1. The first-order valence-corrected chi connectivity index (χ1v) is 7.92. The number of carbonyl (C=O) groups excluding carboxylic acids is 1. The molecule has 5 nitrogen and oxygen atoms in total. The van der Waals surface area contributed by atoms with Crippen LogP contribution in [0.25, 0.3) is 10.2 Å². The third-order valence-corrected chi connectivity index (χ3v) is 4.98. The fourth-order valence-electron chi connectivity index (χ4n) is 2.10. The number of rotatable bonds is 2. The number of anilines is 1. The van der Waals surface area contributed by atoms with E-state index < -0.39 is 0 Å². The van der Waals surface area contributed by atoms with E-state index in [0.717, 1.165) is 29.6 Å². The molecule has 0 spiro atoms. The van der Waals surface area contributed by atoms with Crippen molar-refractivity contribution in [1.29, 1.82) is 0 Å². The summed E-state index contributed by atoms with van der Waals surface area (Å²) in [5.74, 6) is 0.631. The highest BCUT2D eigenvalue weighted by molar-refractivity contribution is 7.99. The average Bonchev–Trinajstić information content (AvgIpc) is 2.74. The molecule has 7 heteroatoms. The number of carbonyl (C=O) groups is 1. The lowest BCUT2D eigenvalue weighted by Crippen LogP contribution is -2.22. The Morgan fingerprint density at radius 1 is 1.47 bits per heavy atom. The summed E-state index contributed by atoms with van der Waals surface area (Å²) in [4.78, 5) is 21.3. The van der Waals surface area contributed by atoms with Crippen LogP contribution < -0.4 is 11.1 Å². The summed E-state index contributed by atoms with van der Waals surface area (Å²) in [5.41, 5.74) is 5.93. The highest BCUT2D eigenvalue weighted by Gasteiger charge is 2.20. The van der Waals surface area contributed by atoms with Crippen LogP contribution in [0.4, 0.5) is 5.82 Å². The number of amides is 1. The van der Waals surface area contributed by atoms with E-state index in [-0.39, 0.29) is 11.2 Å². The van der Waals surface area contributed by atoms with E-state index in [1.807, 2.05) is 11.4 Å². The molecule has 1 fully saturated rings. The van der Waals surface area contributed by atoms with Gasteiger partial charge in [-0.3, -0.25) is 4.79 Å². The zero-order valence-corrected chi connectivity index (χ0v) is 11.9. The van der Waals surface area contributed by atoms with Crippen molar-refractivity contribution in [2.75, 3.05) is 12.3 Å². The van der Waals surface area contributed by atoms with Gasteiger partial charge in [0.05, 0.1) is 5.39 Å². The molecule has 1 aliphatic rings. The largest absolute Gasteiger partial charge is 0.383 e. The molecule has 100 valence electrons. The van der Waals surface area contributed by atoms with Crippen LogP contribution >= 0.6 is 23.1 Å². The van der Waals surface area contributed by atoms with Crippen molar-refractivity contribution in [3.63, 3.8) is 0 Å². The summed E-state index contributed by atoms with van der Waals surface area (Å²) in [6, 6.07) is 1.93. The molecule has 3 heterocycles. The van der Waals surface area contributed by atoms with Gasteiger partial charge in [0.25, 0.3) is 0 Å². The smallest absolute Gasteiger partial charge is 0.221 e. The van der Waals surface area contributed by atoms with Crippen molar-refractivity contribution < 1.29 is 4.79 Å². The van der Waals surface area contributed by atoms with E-state index in [0.29, 0.717) is 17.4 Å². The number of nitrogens with one attached hydrogen (secondary N) is 1. The lowest BCUT2D eigenvalue weighted by atomic mass is 10.2. The minimum atomic E-state index is 0.111. The lowest BCUT2D eigenvalue weighted by molar-refractivity contribution is -0.120. The molecule has 0 saturated carbocycles. The molecule has 1 aliphatic heterocycles. The Kier molecular flexibility index (Phi) is 3.56. The Morgan fingerprint density at radius 3 is 3.26 bits per heavy atom. The zero-order valence-electron chi connectivity index (χ0n) is 10.3. The van der Waals surface area contributed by atoms with Crippen LogP contribution in [0.3, 0.4) is 0 Å². The van der Waals surface area contributed by atoms with Gasteiger partial charge in [-0.2, -0.15) is 0 Å². The third kappa shape index (κ3) is 2.82. The van der Waals surface area contributed by atoms with Crippen LogP contribution in [0.15, 0.2) is 16.6 Å². The lowest BCUT2D eigenvalue weighted by Gasteiger charge is -2.11. The summed E-state index contributed by atoms with van der Waals surface area (Å²) >= 11 is 3.12. The van der Waals surface area contributed by atoms with Crippen LogP contribution in [0, 0.1) is 0 Å². The first-order chi connectivity index (χ1) is 9.22. The molecule has 0 bridgehead atoms. The van der Waals surface area contributed by atoms with E-state index in [2.05, 4.69) is 15.3 Å². The van der Waals surface area contributed by atoms with E-state index in [4.69, 9.17) is 5.73 Å².